The largest absolute Gasteiger partial charge is 0.417 e. The molecule has 2 aromatic carbocycles. The van der Waals surface area contributed by atoms with Crippen LogP contribution in [0.5, 0.6) is 5.75 Å². The first-order valence-corrected chi connectivity index (χ1v) is 6.88. The van der Waals surface area contributed by atoms with Crippen molar-refractivity contribution in [1.29, 1.82) is 0 Å². The summed E-state index contributed by atoms with van der Waals surface area (Å²) in [6.45, 7) is 0. The quantitative estimate of drug-likeness (QED) is 0.604. The number of amides is 1. The predicted octanol–water partition coefficient (Wildman–Crippen LogP) is 5.17. The van der Waals surface area contributed by atoms with E-state index in [9.17, 15) is 14.9 Å². The van der Waals surface area contributed by atoms with Crippen molar-refractivity contribution in [2.75, 3.05) is 5.32 Å². The summed E-state index contributed by atoms with van der Waals surface area (Å²) in [7, 11) is 0. The van der Waals surface area contributed by atoms with Gasteiger partial charge in [0.05, 0.1) is 20.7 Å². The number of hydrogen-bond donors (Lipinski definition) is 1. The summed E-state index contributed by atoms with van der Waals surface area (Å²) in [5, 5.41) is 13.6. The van der Waals surface area contributed by atoms with Crippen LogP contribution >= 0.6 is 34.8 Å². The van der Waals surface area contributed by atoms with Crippen molar-refractivity contribution in [2.24, 2.45) is 0 Å². The van der Waals surface area contributed by atoms with Gasteiger partial charge in [-0.2, -0.15) is 0 Å². The van der Waals surface area contributed by atoms with Crippen molar-refractivity contribution in [3.63, 3.8) is 0 Å². The van der Waals surface area contributed by atoms with Crippen LogP contribution in [0, 0.1) is 10.1 Å². The Labute approximate surface area is 139 Å². The normalized spacial score (nSPS) is 10.1. The first-order valence-electron chi connectivity index (χ1n) is 5.74. The SMILES string of the molecule is O=C(Nc1ccc(Cl)c([N+](=O)[O-])c1)Oc1ccc(Cl)c(Cl)c1. The van der Waals surface area contributed by atoms with E-state index in [-0.39, 0.29) is 27.2 Å². The van der Waals surface area contributed by atoms with Gasteiger partial charge in [0.2, 0.25) is 0 Å². The Morgan fingerprint density at radius 1 is 1.05 bits per heavy atom. The molecule has 0 aliphatic carbocycles. The highest BCUT2D eigenvalue weighted by molar-refractivity contribution is 6.42. The van der Waals surface area contributed by atoms with Crippen LogP contribution in [-0.2, 0) is 0 Å². The lowest BCUT2D eigenvalue weighted by molar-refractivity contribution is -0.384. The van der Waals surface area contributed by atoms with Crippen LogP contribution in [0.15, 0.2) is 36.4 Å². The molecule has 0 bridgehead atoms. The number of anilines is 1. The van der Waals surface area contributed by atoms with Crippen LogP contribution in [-0.4, -0.2) is 11.0 Å². The Morgan fingerprint density at radius 3 is 2.36 bits per heavy atom. The van der Waals surface area contributed by atoms with Gasteiger partial charge in [-0.3, -0.25) is 15.4 Å². The molecule has 0 aromatic heterocycles. The molecule has 0 heterocycles. The minimum atomic E-state index is -0.838. The monoisotopic (exact) mass is 360 g/mol. The molecule has 114 valence electrons. The maximum Gasteiger partial charge on any atom is 0.417 e. The van der Waals surface area contributed by atoms with Gasteiger partial charge in [0.15, 0.2) is 0 Å². The van der Waals surface area contributed by atoms with Crippen LogP contribution in [0.4, 0.5) is 16.2 Å². The fourth-order valence-corrected chi connectivity index (χ4v) is 2.00. The molecule has 9 heteroatoms. The number of halogens is 3. The second-order valence-electron chi connectivity index (χ2n) is 4.01. The predicted molar refractivity (Wildman–Crippen MR) is 84.2 cm³/mol. The molecule has 2 aromatic rings. The Morgan fingerprint density at radius 2 is 1.73 bits per heavy atom. The van der Waals surface area contributed by atoms with Crippen molar-refractivity contribution >= 4 is 52.3 Å². The second-order valence-corrected chi connectivity index (χ2v) is 5.24. The minimum absolute atomic E-state index is 0.0339. The average molecular weight is 362 g/mol. The Kier molecular flexibility index (Phi) is 5.07. The number of nitro benzene ring substituents is 1. The second kappa shape index (κ2) is 6.83. The maximum absolute atomic E-state index is 11.7. The first kappa shape index (κ1) is 16.4. The zero-order valence-corrected chi connectivity index (χ0v) is 12.9. The Hall–Kier alpha value is -2.02. The van der Waals surface area contributed by atoms with Gasteiger partial charge in [-0.05, 0) is 24.3 Å². The van der Waals surface area contributed by atoms with Crippen LogP contribution in [0.25, 0.3) is 0 Å². The number of carbonyl (C=O) groups excluding carboxylic acids is 1. The molecule has 1 amide bonds. The third-order valence-electron chi connectivity index (χ3n) is 2.49. The summed E-state index contributed by atoms with van der Waals surface area (Å²) < 4.78 is 4.99. The minimum Gasteiger partial charge on any atom is -0.410 e. The Bertz CT molecular complexity index is 752. The fraction of sp³-hybridized carbons (Fsp3) is 0. The van der Waals surface area contributed by atoms with E-state index in [2.05, 4.69) is 5.32 Å². The van der Waals surface area contributed by atoms with E-state index >= 15 is 0 Å². The van der Waals surface area contributed by atoms with E-state index in [1.54, 1.807) is 0 Å². The summed E-state index contributed by atoms with van der Waals surface area (Å²) in [6, 6.07) is 8.13. The van der Waals surface area contributed by atoms with Gasteiger partial charge in [-0.15, -0.1) is 0 Å². The van der Waals surface area contributed by atoms with E-state index in [1.165, 1.54) is 30.3 Å². The zero-order chi connectivity index (χ0) is 16.3. The highest BCUT2D eigenvalue weighted by Gasteiger charge is 2.14. The van der Waals surface area contributed by atoms with Crippen molar-refractivity contribution in [2.45, 2.75) is 0 Å². The number of benzene rings is 2. The van der Waals surface area contributed by atoms with Crippen LogP contribution in [0.1, 0.15) is 0 Å². The van der Waals surface area contributed by atoms with E-state index in [1.807, 2.05) is 0 Å². The molecule has 0 saturated carbocycles. The molecule has 0 aliphatic heterocycles. The molecule has 0 radical (unpaired) electrons. The van der Waals surface area contributed by atoms with Gasteiger partial charge in [0, 0.05) is 12.1 Å². The highest BCUT2D eigenvalue weighted by Crippen LogP contribution is 2.28. The number of hydrogen-bond acceptors (Lipinski definition) is 4. The molecule has 2 rings (SSSR count). The number of nitrogens with zero attached hydrogens (tertiary/aromatic N) is 1. The number of carbonyl (C=O) groups is 1. The van der Waals surface area contributed by atoms with Crippen molar-refractivity contribution in [3.05, 3.63) is 61.6 Å². The summed E-state index contributed by atoms with van der Waals surface area (Å²) in [5.74, 6) is 0.176. The van der Waals surface area contributed by atoms with Gasteiger partial charge >= 0.3 is 6.09 Å². The van der Waals surface area contributed by atoms with Gasteiger partial charge in [-0.25, -0.2) is 4.79 Å². The van der Waals surface area contributed by atoms with Gasteiger partial charge in [-0.1, -0.05) is 34.8 Å². The zero-order valence-electron chi connectivity index (χ0n) is 10.7. The molecule has 0 unspecified atom stereocenters. The third kappa shape index (κ3) is 4.00. The van der Waals surface area contributed by atoms with E-state index < -0.39 is 11.0 Å². The van der Waals surface area contributed by atoms with Gasteiger partial charge in [0.25, 0.3) is 5.69 Å². The molecule has 0 fully saturated rings. The smallest absolute Gasteiger partial charge is 0.410 e. The summed E-state index contributed by atoms with van der Waals surface area (Å²) in [4.78, 5) is 21.8. The molecule has 0 spiro atoms. The number of ether oxygens (including phenoxy) is 1. The molecular formula is C13H7Cl3N2O4. The molecule has 0 saturated heterocycles. The van der Waals surface area contributed by atoms with Gasteiger partial charge in [0.1, 0.15) is 10.8 Å². The van der Waals surface area contributed by atoms with Crippen LogP contribution < -0.4 is 10.1 Å². The maximum atomic E-state index is 11.7. The molecular weight excluding hydrogens is 355 g/mol. The lowest BCUT2D eigenvalue weighted by Gasteiger charge is -2.07. The van der Waals surface area contributed by atoms with Crippen LogP contribution in [0.2, 0.25) is 15.1 Å². The van der Waals surface area contributed by atoms with E-state index in [0.29, 0.717) is 5.02 Å². The highest BCUT2D eigenvalue weighted by atomic mass is 35.5. The van der Waals surface area contributed by atoms with Crippen LogP contribution in [0.3, 0.4) is 0 Å². The topological polar surface area (TPSA) is 81.5 Å². The number of nitrogens with one attached hydrogen (secondary N) is 1. The van der Waals surface area contributed by atoms with Gasteiger partial charge < -0.3 is 4.74 Å². The summed E-state index contributed by atoms with van der Waals surface area (Å²) in [5.41, 5.74) is -0.157. The van der Waals surface area contributed by atoms with Crippen molar-refractivity contribution < 1.29 is 14.5 Å². The molecule has 0 atom stereocenters. The molecule has 0 aliphatic rings. The first-order chi connectivity index (χ1) is 10.4. The van der Waals surface area contributed by atoms with E-state index in [0.717, 1.165) is 6.07 Å². The average Bonchev–Trinajstić information content (AvgIpc) is 2.44. The summed E-state index contributed by atoms with van der Waals surface area (Å²) >= 11 is 17.2. The summed E-state index contributed by atoms with van der Waals surface area (Å²) in [6.07, 6.45) is -0.838. The molecule has 1 N–H and O–H groups in total. The van der Waals surface area contributed by atoms with E-state index in [4.69, 9.17) is 39.5 Å². The number of rotatable bonds is 3. The standard InChI is InChI=1S/C13H7Cl3N2O4/c14-9-4-2-8(6-11(9)16)22-13(19)17-7-1-3-10(15)12(5-7)18(20)21/h1-6H,(H,17,19). The fourth-order valence-electron chi connectivity index (χ4n) is 1.52. The Balaban J connectivity index is 2.10. The third-order valence-corrected chi connectivity index (χ3v) is 3.55. The lowest BCUT2D eigenvalue weighted by atomic mass is 10.3. The van der Waals surface area contributed by atoms with Crippen molar-refractivity contribution in [1.82, 2.24) is 0 Å². The lowest BCUT2D eigenvalue weighted by Crippen LogP contribution is -2.16. The number of nitro groups is 1. The molecule has 6 nitrogen and oxygen atoms in total. The molecule has 22 heavy (non-hydrogen) atoms. The van der Waals surface area contributed by atoms with Crippen molar-refractivity contribution in [3.8, 4) is 5.75 Å².